The van der Waals surface area contributed by atoms with Crippen LogP contribution in [0, 0.1) is 6.92 Å². The van der Waals surface area contributed by atoms with Crippen LogP contribution in [-0.2, 0) is 6.54 Å². The number of rotatable bonds is 2. The van der Waals surface area contributed by atoms with Gasteiger partial charge in [0.15, 0.2) is 0 Å². The molecule has 5 heteroatoms. The molecular weight excluding hydrogens is 495 g/mol. The van der Waals surface area contributed by atoms with E-state index in [0.29, 0.717) is 0 Å². The van der Waals surface area contributed by atoms with Crippen LogP contribution in [0.15, 0.2) is 63.8 Å². The molecule has 0 unspecified atom stereocenters. The fourth-order valence-electron chi connectivity index (χ4n) is 3.81. The predicted molar refractivity (Wildman–Crippen MR) is 119 cm³/mol. The molecule has 1 aliphatic rings. The molecule has 4 aromatic rings. The van der Waals surface area contributed by atoms with Crippen LogP contribution in [0.25, 0.3) is 27.1 Å². The number of benzene rings is 2. The van der Waals surface area contributed by atoms with Crippen molar-refractivity contribution in [1.82, 2.24) is 0 Å². The number of anilines is 1. The summed E-state index contributed by atoms with van der Waals surface area (Å²) in [4.78, 5) is 3.66. The van der Waals surface area contributed by atoms with Crippen LogP contribution in [0.1, 0.15) is 18.2 Å². The molecule has 0 amide bonds. The Balaban J connectivity index is 0.00000192. The topological polar surface area (TPSA) is 7.12 Å². The number of thioether (sulfide) groups is 1. The van der Waals surface area contributed by atoms with Crippen molar-refractivity contribution in [3.05, 3.63) is 70.2 Å². The first-order chi connectivity index (χ1) is 13.1. The molecule has 0 N–H and O–H groups in total. The third-order valence-electron chi connectivity index (χ3n) is 5.25. The average molecular weight is 516 g/mol. The van der Waals surface area contributed by atoms with E-state index in [9.17, 15) is 0 Å². The summed E-state index contributed by atoms with van der Waals surface area (Å²) in [5, 5.41) is 6.07. The van der Waals surface area contributed by atoms with Gasteiger partial charge in [0.05, 0.1) is 10.7 Å². The zero-order valence-electron chi connectivity index (χ0n) is 16.1. The van der Waals surface area contributed by atoms with Gasteiger partial charge >= 0.3 is 0 Å². The van der Waals surface area contributed by atoms with Crippen molar-refractivity contribution in [2.24, 2.45) is 0 Å². The van der Waals surface area contributed by atoms with Crippen LogP contribution in [0.4, 0.5) is 5.69 Å². The van der Waals surface area contributed by atoms with Crippen molar-refractivity contribution in [2.45, 2.75) is 25.3 Å². The number of thiophene rings is 1. The Bertz CT molecular complexity index is 1230. The first kappa shape index (κ1) is 19.7. The molecule has 0 radical (unpaired) electrons. The van der Waals surface area contributed by atoms with Crippen LogP contribution in [0.3, 0.4) is 0 Å². The molecule has 0 fully saturated rings. The van der Waals surface area contributed by atoms with Gasteiger partial charge in [-0.2, -0.15) is 4.57 Å². The van der Waals surface area contributed by atoms with E-state index >= 15 is 0 Å². The van der Waals surface area contributed by atoms with Crippen molar-refractivity contribution >= 4 is 55.9 Å². The average Bonchev–Trinajstić information content (AvgIpc) is 3.24. The molecule has 0 saturated carbocycles. The molecular formula is C23H21IN2S2. The number of fused-ring (bicyclic) bond motifs is 3. The highest BCUT2D eigenvalue weighted by Gasteiger charge is 2.24. The minimum absolute atomic E-state index is 0. The molecule has 2 nitrogen and oxygen atoms in total. The summed E-state index contributed by atoms with van der Waals surface area (Å²) in [6, 6.07) is 18.0. The number of aryl methyl sites for hydroxylation is 2. The lowest BCUT2D eigenvalue weighted by atomic mass is 10.1. The number of halogens is 1. The van der Waals surface area contributed by atoms with Gasteiger partial charge in [-0.3, -0.25) is 0 Å². The fourth-order valence-corrected chi connectivity index (χ4v) is 5.81. The Morgan fingerprint density at radius 3 is 2.71 bits per heavy atom. The second kappa shape index (κ2) is 7.69. The van der Waals surface area contributed by atoms with E-state index in [1.807, 2.05) is 23.1 Å². The van der Waals surface area contributed by atoms with Gasteiger partial charge < -0.3 is 28.9 Å². The van der Waals surface area contributed by atoms with Crippen molar-refractivity contribution in [3.63, 3.8) is 0 Å². The van der Waals surface area contributed by atoms with Gasteiger partial charge in [0.1, 0.15) is 6.54 Å². The smallest absolute Gasteiger partial charge is 0.212 e. The second-order valence-electron chi connectivity index (χ2n) is 6.99. The van der Waals surface area contributed by atoms with Crippen molar-refractivity contribution in [2.75, 3.05) is 11.9 Å². The van der Waals surface area contributed by atoms with Gasteiger partial charge in [0.25, 0.3) is 0 Å². The number of hydrogen-bond donors (Lipinski definition) is 0. The third kappa shape index (κ3) is 3.23. The number of pyridine rings is 1. The van der Waals surface area contributed by atoms with E-state index in [0.717, 1.165) is 6.54 Å². The quantitative estimate of drug-likeness (QED) is 0.299. The summed E-state index contributed by atoms with van der Waals surface area (Å²) in [6.07, 6.45) is 2.32. The molecule has 1 aliphatic heterocycles. The standard InChI is InChI=1S/C23H21N2S2.HI/c1-4-25-18(7-6-16-11-15(2)5-8-19(16)25)13-23-24(3)20-12-17-9-10-26-21(17)14-22(20)27-23;/h5-14H,4H2,1-3H3;1H/q+1;/p-1. The zero-order valence-corrected chi connectivity index (χ0v) is 19.9. The minimum Gasteiger partial charge on any atom is -1.00 e. The molecule has 142 valence electrons. The van der Waals surface area contributed by atoms with Crippen LogP contribution in [0.2, 0.25) is 0 Å². The van der Waals surface area contributed by atoms with Gasteiger partial charge in [-0.25, -0.2) is 0 Å². The molecule has 28 heavy (non-hydrogen) atoms. The summed E-state index contributed by atoms with van der Waals surface area (Å²) in [7, 11) is 2.17. The SMILES string of the molecule is CC[n+]1c(/C=C2\Sc3cc4sccc4cc3N2C)ccc2cc(C)ccc21.[I-]. The van der Waals surface area contributed by atoms with Crippen LogP contribution < -0.4 is 33.4 Å². The van der Waals surface area contributed by atoms with E-state index in [4.69, 9.17) is 0 Å². The second-order valence-corrected chi connectivity index (χ2v) is 9.00. The molecule has 3 heterocycles. The Hall–Kier alpha value is -1.57. The van der Waals surface area contributed by atoms with Gasteiger partial charge in [-0.1, -0.05) is 23.4 Å². The molecule has 0 spiro atoms. The Morgan fingerprint density at radius 1 is 1.04 bits per heavy atom. The molecule has 0 bridgehead atoms. The van der Waals surface area contributed by atoms with E-state index in [2.05, 4.69) is 90.3 Å². The Morgan fingerprint density at radius 2 is 1.89 bits per heavy atom. The monoisotopic (exact) mass is 516 g/mol. The van der Waals surface area contributed by atoms with Crippen LogP contribution >= 0.6 is 23.1 Å². The highest BCUT2D eigenvalue weighted by atomic mass is 127. The Kier molecular flexibility index (Phi) is 5.42. The number of nitrogens with zero attached hydrogens (tertiary/aromatic N) is 2. The van der Waals surface area contributed by atoms with Crippen molar-refractivity contribution in [1.29, 1.82) is 0 Å². The summed E-state index contributed by atoms with van der Waals surface area (Å²) in [6.45, 7) is 5.32. The van der Waals surface area contributed by atoms with Gasteiger partial charge in [0, 0.05) is 40.2 Å². The van der Waals surface area contributed by atoms with Crippen LogP contribution in [-0.4, -0.2) is 7.05 Å². The van der Waals surface area contributed by atoms with E-state index in [1.54, 1.807) is 0 Å². The molecule has 0 saturated heterocycles. The molecule has 0 aliphatic carbocycles. The molecule has 5 rings (SSSR count). The van der Waals surface area contributed by atoms with Crippen molar-refractivity contribution < 1.29 is 28.5 Å². The summed E-state index contributed by atoms with van der Waals surface area (Å²) < 4.78 is 3.76. The highest BCUT2D eigenvalue weighted by molar-refractivity contribution is 8.03. The van der Waals surface area contributed by atoms with Gasteiger partial charge in [-0.15, -0.1) is 11.3 Å². The van der Waals surface area contributed by atoms with E-state index in [1.165, 1.54) is 47.9 Å². The summed E-state index contributed by atoms with van der Waals surface area (Å²) in [5.41, 5.74) is 5.15. The third-order valence-corrected chi connectivity index (χ3v) is 7.27. The summed E-state index contributed by atoms with van der Waals surface area (Å²) >= 11 is 3.68. The zero-order chi connectivity index (χ0) is 18.5. The molecule has 0 atom stereocenters. The first-order valence-electron chi connectivity index (χ1n) is 9.22. The molecule has 2 aromatic carbocycles. The number of hydrogen-bond acceptors (Lipinski definition) is 3. The molecule has 2 aromatic heterocycles. The fraction of sp³-hybridized carbons (Fsp3) is 0.174. The first-order valence-corrected chi connectivity index (χ1v) is 10.9. The maximum atomic E-state index is 2.40. The Labute approximate surface area is 190 Å². The van der Waals surface area contributed by atoms with E-state index in [-0.39, 0.29) is 24.0 Å². The summed E-state index contributed by atoms with van der Waals surface area (Å²) in [5.74, 6) is 0. The van der Waals surface area contributed by atoms with Crippen LogP contribution in [0.5, 0.6) is 0 Å². The minimum atomic E-state index is 0. The maximum absolute atomic E-state index is 2.40. The highest BCUT2D eigenvalue weighted by Crippen LogP contribution is 2.47. The number of aromatic nitrogens is 1. The lowest BCUT2D eigenvalue weighted by Gasteiger charge is -2.13. The predicted octanol–water partition coefficient (Wildman–Crippen LogP) is 3.21. The maximum Gasteiger partial charge on any atom is 0.212 e. The van der Waals surface area contributed by atoms with Crippen molar-refractivity contribution in [3.8, 4) is 0 Å². The van der Waals surface area contributed by atoms with Gasteiger partial charge in [-0.05, 0) is 54.9 Å². The lowest BCUT2D eigenvalue weighted by Crippen LogP contribution is -3.00. The normalized spacial score (nSPS) is 14.7. The largest absolute Gasteiger partial charge is 1.00 e. The lowest BCUT2D eigenvalue weighted by molar-refractivity contribution is -0.669. The van der Waals surface area contributed by atoms with Gasteiger partial charge in [0.2, 0.25) is 11.2 Å². The van der Waals surface area contributed by atoms with E-state index < -0.39 is 0 Å².